The van der Waals surface area contributed by atoms with Gasteiger partial charge in [0.05, 0.1) is 17.8 Å². The van der Waals surface area contributed by atoms with Crippen LogP contribution >= 0.6 is 0 Å². The summed E-state index contributed by atoms with van der Waals surface area (Å²) < 4.78 is 43.8. The van der Waals surface area contributed by atoms with E-state index in [1.807, 2.05) is 0 Å². The average molecular weight is 259 g/mol. The molecule has 1 atom stereocenters. The van der Waals surface area contributed by atoms with Crippen molar-refractivity contribution in [2.75, 3.05) is 13.2 Å². The predicted octanol–water partition coefficient (Wildman–Crippen LogP) is 3.01. The first-order valence-electron chi connectivity index (χ1n) is 5.81. The van der Waals surface area contributed by atoms with Crippen LogP contribution in [0.25, 0.3) is 0 Å². The van der Waals surface area contributed by atoms with Crippen LogP contribution in [0.5, 0.6) is 0 Å². The van der Waals surface area contributed by atoms with Gasteiger partial charge in [-0.2, -0.15) is 13.2 Å². The maximum Gasteiger partial charge on any atom is 0.416 e. The zero-order chi connectivity index (χ0) is 13.6. The minimum Gasteiger partial charge on any atom is -0.370 e. The third-order valence-corrected chi connectivity index (χ3v) is 3.40. The number of rotatable bonds is 1. The molecule has 0 amide bonds. The summed E-state index contributed by atoms with van der Waals surface area (Å²) >= 11 is 0. The number of fused-ring (bicyclic) bond motifs is 1. The fraction of sp³-hybridized carbons (Fsp3) is 0.538. The van der Waals surface area contributed by atoms with Crippen LogP contribution in [0.2, 0.25) is 0 Å². The van der Waals surface area contributed by atoms with Crippen LogP contribution in [0, 0.1) is 0 Å². The molecule has 0 aromatic heterocycles. The van der Waals surface area contributed by atoms with Crippen molar-refractivity contribution < 1.29 is 17.9 Å². The van der Waals surface area contributed by atoms with Crippen LogP contribution in [-0.4, -0.2) is 13.2 Å². The van der Waals surface area contributed by atoms with Gasteiger partial charge in [0.2, 0.25) is 0 Å². The van der Waals surface area contributed by atoms with Crippen molar-refractivity contribution in [3.8, 4) is 0 Å². The van der Waals surface area contributed by atoms with Gasteiger partial charge in [-0.05, 0) is 37.1 Å². The number of nitrogens with two attached hydrogens (primary N) is 1. The summed E-state index contributed by atoms with van der Waals surface area (Å²) in [5.41, 5.74) is 5.72. The summed E-state index contributed by atoms with van der Waals surface area (Å²) in [6, 6.07) is 3.82. The SMILES string of the molecule is CC1(C)OCC(CN)c2ccc(C(F)(F)F)cc21. The molecule has 1 aliphatic rings. The van der Waals surface area contributed by atoms with Crippen molar-refractivity contribution >= 4 is 0 Å². The maximum atomic E-state index is 12.7. The van der Waals surface area contributed by atoms with Gasteiger partial charge in [0.25, 0.3) is 0 Å². The van der Waals surface area contributed by atoms with Gasteiger partial charge in [0.15, 0.2) is 0 Å². The molecule has 0 saturated heterocycles. The van der Waals surface area contributed by atoms with E-state index < -0.39 is 17.3 Å². The topological polar surface area (TPSA) is 35.2 Å². The Kier molecular flexibility index (Phi) is 3.15. The summed E-state index contributed by atoms with van der Waals surface area (Å²) in [4.78, 5) is 0. The number of halogens is 3. The Morgan fingerprint density at radius 2 is 2.06 bits per heavy atom. The lowest BCUT2D eigenvalue weighted by Gasteiger charge is -2.37. The molecule has 2 rings (SSSR count). The Morgan fingerprint density at radius 1 is 1.39 bits per heavy atom. The Balaban J connectivity index is 2.55. The molecule has 1 unspecified atom stereocenters. The smallest absolute Gasteiger partial charge is 0.370 e. The van der Waals surface area contributed by atoms with Crippen LogP contribution in [0.3, 0.4) is 0 Å². The van der Waals surface area contributed by atoms with Gasteiger partial charge in [-0.3, -0.25) is 0 Å². The Hall–Kier alpha value is -1.07. The van der Waals surface area contributed by atoms with Crippen LogP contribution in [0.15, 0.2) is 18.2 Å². The largest absolute Gasteiger partial charge is 0.416 e. The quantitative estimate of drug-likeness (QED) is 0.841. The van der Waals surface area contributed by atoms with Crippen molar-refractivity contribution in [2.24, 2.45) is 5.73 Å². The van der Waals surface area contributed by atoms with Crippen molar-refractivity contribution in [2.45, 2.75) is 31.5 Å². The summed E-state index contributed by atoms with van der Waals surface area (Å²) in [5.74, 6) is -0.0321. The predicted molar refractivity (Wildman–Crippen MR) is 62.2 cm³/mol. The summed E-state index contributed by atoms with van der Waals surface area (Å²) in [7, 11) is 0. The van der Waals surface area contributed by atoms with Gasteiger partial charge < -0.3 is 10.5 Å². The first-order chi connectivity index (χ1) is 8.25. The minimum absolute atomic E-state index is 0.0321. The second kappa shape index (κ2) is 4.24. The van der Waals surface area contributed by atoms with E-state index in [2.05, 4.69) is 0 Å². The molecule has 0 spiro atoms. The molecular formula is C13H16F3NO. The van der Waals surface area contributed by atoms with Crippen molar-refractivity contribution in [3.05, 3.63) is 34.9 Å². The molecule has 1 heterocycles. The van der Waals surface area contributed by atoms with E-state index in [1.54, 1.807) is 13.8 Å². The molecule has 18 heavy (non-hydrogen) atoms. The van der Waals surface area contributed by atoms with Crippen molar-refractivity contribution in [3.63, 3.8) is 0 Å². The molecular weight excluding hydrogens is 243 g/mol. The minimum atomic E-state index is -4.33. The Labute approximate surface area is 104 Å². The van der Waals surface area contributed by atoms with E-state index in [-0.39, 0.29) is 5.92 Å². The normalized spacial score (nSPS) is 22.7. The summed E-state index contributed by atoms with van der Waals surface area (Å²) in [6.07, 6.45) is -4.33. The van der Waals surface area contributed by atoms with Crippen molar-refractivity contribution in [1.82, 2.24) is 0 Å². The van der Waals surface area contributed by atoms with Gasteiger partial charge in [-0.1, -0.05) is 6.07 Å². The first kappa shape index (κ1) is 13.4. The molecule has 5 heteroatoms. The molecule has 0 bridgehead atoms. The van der Waals surface area contributed by atoms with E-state index in [1.165, 1.54) is 12.1 Å². The third kappa shape index (κ3) is 2.24. The fourth-order valence-corrected chi connectivity index (χ4v) is 2.28. The molecule has 1 aromatic rings. The first-order valence-corrected chi connectivity index (χ1v) is 5.81. The van der Waals surface area contributed by atoms with Crippen molar-refractivity contribution in [1.29, 1.82) is 0 Å². The molecule has 0 fully saturated rings. The van der Waals surface area contributed by atoms with Gasteiger partial charge in [0, 0.05) is 12.5 Å². The van der Waals surface area contributed by atoms with Gasteiger partial charge in [-0.15, -0.1) is 0 Å². The van der Waals surface area contributed by atoms with E-state index in [9.17, 15) is 13.2 Å². The van der Waals surface area contributed by atoms with Crippen LogP contribution < -0.4 is 5.73 Å². The summed E-state index contributed by atoms with van der Waals surface area (Å²) in [6.45, 7) is 4.37. The molecule has 1 aromatic carbocycles. The average Bonchev–Trinajstić information content (AvgIpc) is 2.28. The molecule has 0 saturated carbocycles. The highest BCUT2D eigenvalue weighted by Crippen LogP contribution is 2.40. The molecule has 1 aliphatic heterocycles. The molecule has 0 radical (unpaired) electrons. The zero-order valence-corrected chi connectivity index (χ0v) is 10.3. The van der Waals surface area contributed by atoms with E-state index in [4.69, 9.17) is 10.5 Å². The second-order valence-corrected chi connectivity index (χ2v) is 5.05. The number of ether oxygens (including phenoxy) is 1. The van der Waals surface area contributed by atoms with E-state index >= 15 is 0 Å². The Morgan fingerprint density at radius 3 is 2.61 bits per heavy atom. The van der Waals surface area contributed by atoms with E-state index in [0.717, 1.165) is 11.6 Å². The lowest BCUT2D eigenvalue weighted by molar-refractivity contribution is -0.137. The molecule has 0 aliphatic carbocycles. The number of alkyl halides is 3. The van der Waals surface area contributed by atoms with E-state index in [0.29, 0.717) is 18.7 Å². The van der Waals surface area contributed by atoms with Gasteiger partial charge in [-0.25, -0.2) is 0 Å². The molecule has 2 N–H and O–H groups in total. The van der Waals surface area contributed by atoms with Crippen LogP contribution in [0.4, 0.5) is 13.2 Å². The highest BCUT2D eigenvalue weighted by Gasteiger charge is 2.37. The lowest BCUT2D eigenvalue weighted by atomic mass is 9.82. The monoisotopic (exact) mass is 259 g/mol. The number of hydrogen-bond donors (Lipinski definition) is 1. The summed E-state index contributed by atoms with van der Waals surface area (Å²) in [5, 5.41) is 0. The third-order valence-electron chi connectivity index (χ3n) is 3.40. The standard InChI is InChI=1S/C13H16F3NO/c1-12(2)11-5-9(13(14,15)16)3-4-10(11)8(6-17)7-18-12/h3-5,8H,6-7,17H2,1-2H3. The van der Waals surface area contributed by atoms with Gasteiger partial charge >= 0.3 is 6.18 Å². The zero-order valence-electron chi connectivity index (χ0n) is 10.3. The highest BCUT2D eigenvalue weighted by atomic mass is 19.4. The fourth-order valence-electron chi connectivity index (χ4n) is 2.28. The molecule has 2 nitrogen and oxygen atoms in total. The van der Waals surface area contributed by atoms with Crippen LogP contribution in [-0.2, 0) is 16.5 Å². The maximum absolute atomic E-state index is 12.7. The van der Waals surface area contributed by atoms with Crippen LogP contribution in [0.1, 0.15) is 36.5 Å². The lowest BCUT2D eigenvalue weighted by Crippen LogP contribution is -2.35. The Bertz CT molecular complexity index is 454. The second-order valence-electron chi connectivity index (χ2n) is 5.05. The number of hydrogen-bond acceptors (Lipinski definition) is 2. The molecule has 100 valence electrons. The van der Waals surface area contributed by atoms with Gasteiger partial charge in [0.1, 0.15) is 0 Å². The highest BCUT2D eigenvalue weighted by molar-refractivity contribution is 5.40. The number of benzene rings is 1.